The standard InChI is InChI=1S/C14H11F2N5OS/c1-21-6-7(5-18-21)19-13(22)11-12(17)23-14(20-11)10-8(15)3-2-4-9(10)16/h2-6H,17H2,1H3,(H,19,22). The van der Waals surface area contributed by atoms with Crippen LogP contribution >= 0.6 is 11.3 Å². The van der Waals surface area contributed by atoms with Gasteiger partial charge in [0.15, 0.2) is 5.69 Å². The summed E-state index contributed by atoms with van der Waals surface area (Å²) < 4.78 is 29.1. The Morgan fingerprint density at radius 3 is 2.65 bits per heavy atom. The third kappa shape index (κ3) is 2.90. The van der Waals surface area contributed by atoms with Crippen molar-refractivity contribution in [3.63, 3.8) is 0 Å². The molecule has 0 fully saturated rings. The van der Waals surface area contributed by atoms with Crippen LogP contribution in [0.5, 0.6) is 0 Å². The smallest absolute Gasteiger partial charge is 0.277 e. The zero-order chi connectivity index (χ0) is 16.6. The Bertz CT molecular complexity index is 869. The van der Waals surface area contributed by atoms with Gasteiger partial charge in [-0.15, -0.1) is 0 Å². The first kappa shape index (κ1) is 15.1. The van der Waals surface area contributed by atoms with Crippen molar-refractivity contribution in [1.82, 2.24) is 14.8 Å². The van der Waals surface area contributed by atoms with Gasteiger partial charge >= 0.3 is 0 Å². The lowest BCUT2D eigenvalue weighted by atomic mass is 10.2. The number of nitrogens with two attached hydrogens (primary N) is 1. The Morgan fingerprint density at radius 1 is 1.35 bits per heavy atom. The highest BCUT2D eigenvalue weighted by atomic mass is 32.1. The van der Waals surface area contributed by atoms with Crippen molar-refractivity contribution in [2.45, 2.75) is 0 Å². The second-order valence-corrected chi connectivity index (χ2v) is 5.72. The van der Waals surface area contributed by atoms with Crippen molar-refractivity contribution in [3.8, 4) is 10.6 Å². The second-order valence-electron chi connectivity index (χ2n) is 4.69. The summed E-state index contributed by atoms with van der Waals surface area (Å²) in [4.78, 5) is 16.2. The van der Waals surface area contributed by atoms with Crippen molar-refractivity contribution in [1.29, 1.82) is 0 Å². The molecule has 0 saturated heterocycles. The number of amides is 1. The Morgan fingerprint density at radius 2 is 2.04 bits per heavy atom. The lowest BCUT2D eigenvalue weighted by molar-refractivity contribution is 0.102. The minimum absolute atomic E-state index is 0.00874. The number of carbonyl (C=O) groups is 1. The van der Waals surface area contributed by atoms with Gasteiger partial charge in [0.05, 0.1) is 17.4 Å². The number of halogens is 2. The molecule has 3 rings (SSSR count). The maximum absolute atomic E-state index is 13.8. The molecule has 3 aromatic rings. The average Bonchev–Trinajstić information content (AvgIpc) is 3.05. The first-order valence-corrected chi connectivity index (χ1v) is 7.28. The molecule has 0 aliphatic heterocycles. The van der Waals surface area contributed by atoms with Crippen molar-refractivity contribution in [3.05, 3.63) is 47.9 Å². The van der Waals surface area contributed by atoms with Gasteiger partial charge in [-0.25, -0.2) is 13.8 Å². The Hall–Kier alpha value is -2.81. The summed E-state index contributed by atoms with van der Waals surface area (Å²) in [5.41, 5.74) is 5.84. The Balaban J connectivity index is 1.93. The van der Waals surface area contributed by atoms with Gasteiger partial charge in [0, 0.05) is 13.2 Å². The number of thiazole rings is 1. The molecule has 0 aliphatic carbocycles. The molecule has 0 atom stereocenters. The van der Waals surface area contributed by atoms with Crippen LogP contribution in [0.15, 0.2) is 30.6 Å². The first-order valence-electron chi connectivity index (χ1n) is 6.46. The molecule has 2 heterocycles. The SMILES string of the molecule is Cn1cc(NC(=O)c2nc(-c3c(F)cccc3F)sc2N)cn1. The summed E-state index contributed by atoms with van der Waals surface area (Å²) in [6.07, 6.45) is 3.05. The molecule has 2 aromatic heterocycles. The predicted molar refractivity (Wildman–Crippen MR) is 83.0 cm³/mol. The Kier molecular flexibility index (Phi) is 3.78. The summed E-state index contributed by atoms with van der Waals surface area (Å²) in [5, 5.41) is 6.57. The number of nitrogen functional groups attached to an aromatic ring is 1. The van der Waals surface area contributed by atoms with Gasteiger partial charge in [0.1, 0.15) is 21.6 Å². The molecule has 1 aromatic carbocycles. The lowest BCUT2D eigenvalue weighted by Gasteiger charge is -2.00. The summed E-state index contributed by atoms with van der Waals surface area (Å²) in [5.74, 6) is -2.11. The van der Waals surface area contributed by atoms with Gasteiger partial charge in [0.2, 0.25) is 0 Å². The van der Waals surface area contributed by atoms with Crippen LogP contribution in [0.4, 0.5) is 19.5 Å². The molecule has 0 radical (unpaired) electrons. The molecule has 0 saturated carbocycles. The van der Waals surface area contributed by atoms with Crippen LogP contribution in [0.2, 0.25) is 0 Å². The summed E-state index contributed by atoms with van der Waals surface area (Å²) in [7, 11) is 1.70. The zero-order valence-corrected chi connectivity index (χ0v) is 12.7. The number of hydrogen-bond acceptors (Lipinski definition) is 5. The number of anilines is 2. The molecule has 0 spiro atoms. The predicted octanol–water partition coefficient (Wildman–Crippen LogP) is 2.66. The van der Waals surface area contributed by atoms with E-state index in [1.165, 1.54) is 16.9 Å². The van der Waals surface area contributed by atoms with Crippen molar-refractivity contribution in [2.75, 3.05) is 11.1 Å². The minimum Gasteiger partial charge on any atom is -0.389 e. The van der Waals surface area contributed by atoms with Gasteiger partial charge in [-0.2, -0.15) is 5.10 Å². The second kappa shape index (κ2) is 5.76. The van der Waals surface area contributed by atoms with Crippen LogP contribution in [0.3, 0.4) is 0 Å². The maximum atomic E-state index is 13.8. The third-order valence-corrected chi connectivity index (χ3v) is 3.91. The average molecular weight is 335 g/mol. The number of nitrogens with zero attached hydrogens (tertiary/aromatic N) is 3. The van der Waals surface area contributed by atoms with Crippen LogP contribution < -0.4 is 11.1 Å². The minimum atomic E-state index is -0.766. The lowest BCUT2D eigenvalue weighted by Crippen LogP contribution is -2.13. The first-order chi connectivity index (χ1) is 11.0. The van der Waals surface area contributed by atoms with E-state index in [9.17, 15) is 13.6 Å². The maximum Gasteiger partial charge on any atom is 0.277 e. The van der Waals surface area contributed by atoms with Gasteiger partial charge in [-0.1, -0.05) is 17.4 Å². The number of hydrogen-bond donors (Lipinski definition) is 2. The molecule has 23 heavy (non-hydrogen) atoms. The van der Waals surface area contributed by atoms with E-state index in [-0.39, 0.29) is 21.3 Å². The van der Waals surface area contributed by atoms with Gasteiger partial charge in [-0.3, -0.25) is 9.48 Å². The van der Waals surface area contributed by atoms with E-state index < -0.39 is 17.5 Å². The topological polar surface area (TPSA) is 85.8 Å². The summed E-state index contributed by atoms with van der Waals surface area (Å²) in [6.45, 7) is 0. The van der Waals surface area contributed by atoms with E-state index in [0.29, 0.717) is 5.69 Å². The van der Waals surface area contributed by atoms with Gasteiger partial charge in [-0.05, 0) is 12.1 Å². The Labute approximate surface area is 133 Å². The highest BCUT2D eigenvalue weighted by Gasteiger charge is 2.21. The molecule has 3 N–H and O–H groups in total. The van der Waals surface area contributed by atoms with Crippen LogP contribution in [-0.4, -0.2) is 20.7 Å². The fourth-order valence-corrected chi connectivity index (χ4v) is 2.86. The quantitative estimate of drug-likeness (QED) is 0.770. The van der Waals surface area contributed by atoms with Crippen molar-refractivity contribution < 1.29 is 13.6 Å². The molecule has 1 amide bonds. The van der Waals surface area contributed by atoms with E-state index in [2.05, 4.69) is 15.4 Å². The normalized spacial score (nSPS) is 10.7. The number of nitrogens with one attached hydrogen (secondary N) is 1. The zero-order valence-electron chi connectivity index (χ0n) is 11.9. The highest BCUT2D eigenvalue weighted by Crippen LogP contribution is 2.33. The van der Waals surface area contributed by atoms with E-state index in [4.69, 9.17) is 5.73 Å². The van der Waals surface area contributed by atoms with E-state index in [1.807, 2.05) is 0 Å². The number of aromatic nitrogens is 3. The van der Waals surface area contributed by atoms with E-state index >= 15 is 0 Å². The summed E-state index contributed by atoms with van der Waals surface area (Å²) >= 11 is 0.845. The monoisotopic (exact) mass is 335 g/mol. The molecule has 0 bridgehead atoms. The van der Waals surface area contributed by atoms with Crippen LogP contribution in [-0.2, 0) is 7.05 Å². The van der Waals surface area contributed by atoms with Gasteiger partial charge < -0.3 is 11.1 Å². The van der Waals surface area contributed by atoms with Gasteiger partial charge in [0.25, 0.3) is 5.91 Å². The molecule has 6 nitrogen and oxygen atoms in total. The number of rotatable bonds is 3. The molecule has 0 aliphatic rings. The van der Waals surface area contributed by atoms with Crippen LogP contribution in [0.1, 0.15) is 10.5 Å². The number of benzene rings is 1. The number of aryl methyl sites for hydroxylation is 1. The molecular weight excluding hydrogens is 324 g/mol. The van der Waals surface area contributed by atoms with E-state index in [1.54, 1.807) is 13.2 Å². The largest absolute Gasteiger partial charge is 0.389 e. The fraction of sp³-hybridized carbons (Fsp3) is 0.0714. The molecular formula is C14H11F2N5OS. The molecule has 9 heteroatoms. The van der Waals surface area contributed by atoms with E-state index in [0.717, 1.165) is 23.5 Å². The van der Waals surface area contributed by atoms with Crippen molar-refractivity contribution >= 4 is 27.9 Å². The molecule has 0 unspecified atom stereocenters. The van der Waals surface area contributed by atoms with Crippen molar-refractivity contribution in [2.24, 2.45) is 7.05 Å². The van der Waals surface area contributed by atoms with Crippen LogP contribution in [0, 0.1) is 11.6 Å². The fourth-order valence-electron chi connectivity index (χ4n) is 1.98. The van der Waals surface area contributed by atoms with Crippen LogP contribution in [0.25, 0.3) is 10.6 Å². The highest BCUT2D eigenvalue weighted by molar-refractivity contribution is 7.19. The molecule has 118 valence electrons. The third-order valence-electron chi connectivity index (χ3n) is 3.01. The summed E-state index contributed by atoms with van der Waals surface area (Å²) in [6, 6.07) is 3.48. The number of carbonyl (C=O) groups excluding carboxylic acids is 1.